The molecule has 0 radical (unpaired) electrons. The Kier molecular flexibility index (Phi) is 3.00. The minimum Gasteiger partial charge on any atom is -0.314 e. The van der Waals surface area contributed by atoms with Crippen LogP contribution in [-0.4, -0.2) is 12.6 Å². The standard InChI is InChI=1S/C12H15F2N/c1-8-2-3-10(7-15-8)9-4-5-11(13)12(14)6-9/h4-6,8,10,15H,2-3,7H2,1H3. The molecule has 2 rings (SSSR count). The van der Waals surface area contributed by atoms with Crippen LogP contribution in [0.3, 0.4) is 0 Å². The van der Waals surface area contributed by atoms with Crippen LogP contribution in [-0.2, 0) is 0 Å². The van der Waals surface area contributed by atoms with Crippen LogP contribution in [0.1, 0.15) is 31.2 Å². The largest absolute Gasteiger partial charge is 0.314 e. The molecule has 1 aromatic rings. The van der Waals surface area contributed by atoms with Crippen molar-refractivity contribution in [3.8, 4) is 0 Å². The van der Waals surface area contributed by atoms with E-state index in [4.69, 9.17) is 0 Å². The molecule has 0 spiro atoms. The first-order valence-electron chi connectivity index (χ1n) is 5.35. The highest BCUT2D eigenvalue weighted by molar-refractivity contribution is 5.22. The van der Waals surface area contributed by atoms with Crippen molar-refractivity contribution in [2.75, 3.05) is 6.54 Å². The van der Waals surface area contributed by atoms with Crippen LogP contribution in [0.2, 0.25) is 0 Å². The summed E-state index contributed by atoms with van der Waals surface area (Å²) in [6, 6.07) is 4.74. The van der Waals surface area contributed by atoms with Crippen molar-refractivity contribution >= 4 is 0 Å². The van der Waals surface area contributed by atoms with Crippen molar-refractivity contribution < 1.29 is 8.78 Å². The third-order valence-corrected chi connectivity index (χ3v) is 3.08. The molecule has 0 amide bonds. The Morgan fingerprint density at radius 2 is 2.00 bits per heavy atom. The maximum absolute atomic E-state index is 13.0. The summed E-state index contributed by atoms with van der Waals surface area (Å²) >= 11 is 0. The molecule has 1 saturated heterocycles. The molecule has 2 atom stereocenters. The van der Waals surface area contributed by atoms with Crippen LogP contribution in [0, 0.1) is 11.6 Å². The van der Waals surface area contributed by atoms with Gasteiger partial charge in [-0.1, -0.05) is 6.07 Å². The highest BCUT2D eigenvalue weighted by Crippen LogP contribution is 2.26. The minimum atomic E-state index is -0.768. The van der Waals surface area contributed by atoms with Gasteiger partial charge in [0.2, 0.25) is 0 Å². The van der Waals surface area contributed by atoms with E-state index in [-0.39, 0.29) is 0 Å². The maximum atomic E-state index is 13.0. The van der Waals surface area contributed by atoms with Crippen molar-refractivity contribution in [2.24, 2.45) is 0 Å². The van der Waals surface area contributed by atoms with Gasteiger partial charge in [0.15, 0.2) is 11.6 Å². The SMILES string of the molecule is CC1CCC(c2ccc(F)c(F)c2)CN1. The van der Waals surface area contributed by atoms with E-state index in [1.807, 2.05) is 0 Å². The second kappa shape index (κ2) is 4.27. The van der Waals surface area contributed by atoms with Crippen molar-refractivity contribution in [2.45, 2.75) is 31.7 Å². The zero-order chi connectivity index (χ0) is 10.8. The molecule has 1 fully saturated rings. The van der Waals surface area contributed by atoms with Gasteiger partial charge in [-0.05, 0) is 43.4 Å². The van der Waals surface area contributed by atoms with E-state index in [0.717, 1.165) is 24.9 Å². The molecule has 0 aromatic heterocycles. The second-order valence-electron chi connectivity index (χ2n) is 4.26. The van der Waals surface area contributed by atoms with Crippen LogP contribution >= 0.6 is 0 Å². The smallest absolute Gasteiger partial charge is 0.159 e. The average Bonchev–Trinajstić information content (AvgIpc) is 2.23. The third kappa shape index (κ3) is 2.34. The lowest BCUT2D eigenvalue weighted by Crippen LogP contribution is -2.35. The summed E-state index contributed by atoms with van der Waals surface area (Å²) in [6.45, 7) is 2.99. The van der Waals surface area contributed by atoms with Gasteiger partial charge in [-0.3, -0.25) is 0 Å². The number of halogens is 2. The van der Waals surface area contributed by atoms with Crippen molar-refractivity contribution in [1.29, 1.82) is 0 Å². The third-order valence-electron chi connectivity index (χ3n) is 3.08. The van der Waals surface area contributed by atoms with Gasteiger partial charge in [0.25, 0.3) is 0 Å². The molecule has 3 heteroatoms. The number of nitrogens with one attached hydrogen (secondary N) is 1. The molecular formula is C12H15F2N. The minimum absolute atomic E-state index is 0.316. The molecule has 1 aliphatic heterocycles. The second-order valence-corrected chi connectivity index (χ2v) is 4.26. The van der Waals surface area contributed by atoms with Crippen LogP contribution in [0.15, 0.2) is 18.2 Å². The molecule has 1 N–H and O–H groups in total. The Labute approximate surface area is 88.5 Å². The zero-order valence-corrected chi connectivity index (χ0v) is 8.76. The summed E-state index contributed by atoms with van der Waals surface area (Å²) in [4.78, 5) is 0. The molecule has 1 aliphatic rings. The summed E-state index contributed by atoms with van der Waals surface area (Å²) < 4.78 is 25.8. The van der Waals surface area contributed by atoms with Crippen molar-refractivity contribution in [1.82, 2.24) is 5.32 Å². The molecule has 0 aliphatic carbocycles. The molecule has 1 aromatic carbocycles. The number of hydrogen-bond donors (Lipinski definition) is 1. The van der Waals surface area contributed by atoms with E-state index in [1.165, 1.54) is 12.1 Å². The van der Waals surface area contributed by atoms with Gasteiger partial charge in [0.1, 0.15) is 0 Å². The van der Waals surface area contributed by atoms with Gasteiger partial charge in [-0.15, -0.1) is 0 Å². The highest BCUT2D eigenvalue weighted by atomic mass is 19.2. The fraction of sp³-hybridized carbons (Fsp3) is 0.500. The molecule has 82 valence electrons. The lowest BCUT2D eigenvalue weighted by Gasteiger charge is -2.27. The van der Waals surface area contributed by atoms with E-state index in [2.05, 4.69) is 12.2 Å². The van der Waals surface area contributed by atoms with E-state index < -0.39 is 11.6 Å². The van der Waals surface area contributed by atoms with Crippen LogP contribution in [0.25, 0.3) is 0 Å². The van der Waals surface area contributed by atoms with Crippen molar-refractivity contribution in [3.63, 3.8) is 0 Å². The summed E-state index contributed by atoms with van der Waals surface area (Å²) in [5.74, 6) is -1.20. The average molecular weight is 211 g/mol. The van der Waals surface area contributed by atoms with Gasteiger partial charge in [-0.25, -0.2) is 8.78 Å². The molecule has 0 saturated carbocycles. The van der Waals surface area contributed by atoms with Gasteiger partial charge < -0.3 is 5.32 Å². The normalized spacial score (nSPS) is 26.6. The van der Waals surface area contributed by atoms with E-state index in [9.17, 15) is 8.78 Å². The fourth-order valence-electron chi connectivity index (χ4n) is 2.05. The van der Waals surface area contributed by atoms with Gasteiger partial charge >= 0.3 is 0 Å². The first-order valence-corrected chi connectivity index (χ1v) is 5.35. The summed E-state index contributed by atoms with van der Waals surface area (Å²) in [7, 11) is 0. The lowest BCUT2D eigenvalue weighted by molar-refractivity contribution is 0.383. The lowest BCUT2D eigenvalue weighted by atomic mass is 9.89. The fourth-order valence-corrected chi connectivity index (χ4v) is 2.05. The Bertz CT molecular complexity index is 343. The van der Waals surface area contributed by atoms with E-state index in [1.54, 1.807) is 6.07 Å². The maximum Gasteiger partial charge on any atom is 0.159 e. The molecule has 1 heterocycles. The van der Waals surface area contributed by atoms with Crippen LogP contribution in [0.5, 0.6) is 0 Å². The van der Waals surface area contributed by atoms with Crippen LogP contribution < -0.4 is 5.32 Å². The molecule has 15 heavy (non-hydrogen) atoms. The van der Waals surface area contributed by atoms with Gasteiger partial charge in [-0.2, -0.15) is 0 Å². The number of rotatable bonds is 1. The quantitative estimate of drug-likeness (QED) is 0.753. The highest BCUT2D eigenvalue weighted by Gasteiger charge is 2.19. The molecule has 0 bridgehead atoms. The first kappa shape index (κ1) is 10.6. The Morgan fingerprint density at radius 3 is 2.60 bits per heavy atom. The predicted octanol–water partition coefficient (Wildman–Crippen LogP) is 2.82. The number of piperidine rings is 1. The summed E-state index contributed by atoms with van der Waals surface area (Å²) in [5, 5.41) is 3.35. The van der Waals surface area contributed by atoms with Gasteiger partial charge in [0, 0.05) is 12.6 Å². The van der Waals surface area contributed by atoms with Crippen molar-refractivity contribution in [3.05, 3.63) is 35.4 Å². The first-order chi connectivity index (χ1) is 7.16. The van der Waals surface area contributed by atoms with Crippen LogP contribution in [0.4, 0.5) is 8.78 Å². The molecule has 2 unspecified atom stereocenters. The van der Waals surface area contributed by atoms with Gasteiger partial charge in [0.05, 0.1) is 0 Å². The topological polar surface area (TPSA) is 12.0 Å². The zero-order valence-electron chi connectivity index (χ0n) is 8.76. The Morgan fingerprint density at radius 1 is 1.20 bits per heavy atom. The van der Waals surface area contributed by atoms with E-state index >= 15 is 0 Å². The summed E-state index contributed by atoms with van der Waals surface area (Å²) in [6.07, 6.45) is 2.13. The summed E-state index contributed by atoms with van der Waals surface area (Å²) in [5.41, 5.74) is 0.897. The Hall–Kier alpha value is -0.960. The van der Waals surface area contributed by atoms with E-state index in [0.29, 0.717) is 12.0 Å². The number of benzene rings is 1. The number of hydrogen-bond acceptors (Lipinski definition) is 1. The predicted molar refractivity (Wildman–Crippen MR) is 55.8 cm³/mol. The monoisotopic (exact) mass is 211 g/mol. The molecular weight excluding hydrogens is 196 g/mol. The molecule has 1 nitrogen and oxygen atoms in total. The Balaban J connectivity index is 2.12.